The predicted molar refractivity (Wildman–Crippen MR) is 98.2 cm³/mol. The Morgan fingerprint density at radius 2 is 2.27 bits per heavy atom. The van der Waals surface area contributed by atoms with E-state index in [9.17, 15) is 4.79 Å². The van der Waals surface area contributed by atoms with E-state index in [4.69, 9.17) is 4.74 Å². The number of nitrogens with zero attached hydrogens (tertiary/aromatic N) is 5. The number of imidazole rings is 1. The van der Waals surface area contributed by atoms with Crippen molar-refractivity contribution in [3.05, 3.63) is 59.0 Å². The zero-order valence-corrected chi connectivity index (χ0v) is 14.7. The molecule has 1 unspecified atom stereocenters. The Bertz CT molecular complexity index is 917. The maximum atomic E-state index is 12.0. The summed E-state index contributed by atoms with van der Waals surface area (Å²) in [5, 5.41) is 3.11. The van der Waals surface area contributed by atoms with Gasteiger partial charge < -0.3 is 19.0 Å². The van der Waals surface area contributed by atoms with Gasteiger partial charge in [-0.05, 0) is 12.1 Å². The second-order valence-electron chi connectivity index (χ2n) is 6.50. The van der Waals surface area contributed by atoms with Gasteiger partial charge in [0.2, 0.25) is 0 Å². The number of hydrogen-bond acceptors (Lipinski definition) is 6. The molecule has 1 aliphatic rings. The van der Waals surface area contributed by atoms with E-state index < -0.39 is 0 Å². The SMILES string of the molecule is Cn1ccnc(NCC2CN(Cc3cn4ccccc4n3)CCO2)c1=O. The van der Waals surface area contributed by atoms with Gasteiger partial charge in [-0.3, -0.25) is 9.69 Å². The number of fused-ring (bicyclic) bond motifs is 1. The summed E-state index contributed by atoms with van der Waals surface area (Å²) in [6.45, 7) is 3.66. The molecule has 8 nitrogen and oxygen atoms in total. The Labute approximate surface area is 151 Å². The van der Waals surface area contributed by atoms with Crippen molar-refractivity contribution in [1.29, 1.82) is 0 Å². The van der Waals surface area contributed by atoms with Gasteiger partial charge in [0.15, 0.2) is 5.82 Å². The summed E-state index contributed by atoms with van der Waals surface area (Å²) in [6, 6.07) is 5.99. The van der Waals surface area contributed by atoms with Crippen LogP contribution >= 0.6 is 0 Å². The van der Waals surface area contributed by atoms with Crippen LogP contribution < -0.4 is 10.9 Å². The number of ether oxygens (including phenoxy) is 1. The number of anilines is 1. The summed E-state index contributed by atoms with van der Waals surface area (Å²) >= 11 is 0. The van der Waals surface area contributed by atoms with E-state index in [0.717, 1.165) is 31.0 Å². The molecule has 1 fully saturated rings. The molecule has 0 aliphatic carbocycles. The molecule has 4 heterocycles. The van der Waals surface area contributed by atoms with Crippen LogP contribution in [0.15, 0.2) is 47.8 Å². The molecular formula is C18H22N6O2. The van der Waals surface area contributed by atoms with Crippen LogP contribution in [-0.2, 0) is 18.3 Å². The van der Waals surface area contributed by atoms with Gasteiger partial charge in [-0.25, -0.2) is 9.97 Å². The fraction of sp³-hybridized carbons (Fsp3) is 0.389. The van der Waals surface area contributed by atoms with Crippen LogP contribution in [0.2, 0.25) is 0 Å². The van der Waals surface area contributed by atoms with Crippen molar-refractivity contribution in [1.82, 2.24) is 23.8 Å². The minimum atomic E-state index is -0.134. The predicted octanol–water partition coefficient (Wildman–Crippen LogP) is 0.741. The number of morpholine rings is 1. The molecule has 1 N–H and O–H groups in total. The smallest absolute Gasteiger partial charge is 0.293 e. The normalized spacial score (nSPS) is 18.3. The summed E-state index contributed by atoms with van der Waals surface area (Å²) in [4.78, 5) is 23.1. The van der Waals surface area contributed by atoms with Crippen molar-refractivity contribution < 1.29 is 4.74 Å². The molecule has 1 atom stereocenters. The Kier molecular flexibility index (Phi) is 4.68. The van der Waals surface area contributed by atoms with E-state index in [2.05, 4.69) is 26.4 Å². The maximum absolute atomic E-state index is 12.0. The second-order valence-corrected chi connectivity index (χ2v) is 6.50. The summed E-state index contributed by atoms with van der Waals surface area (Å²) in [5.74, 6) is 0.357. The molecular weight excluding hydrogens is 332 g/mol. The third kappa shape index (κ3) is 3.61. The second kappa shape index (κ2) is 7.27. The minimum absolute atomic E-state index is 0.00694. The van der Waals surface area contributed by atoms with Crippen LogP contribution in [0, 0.1) is 0 Å². The molecule has 0 spiro atoms. The highest BCUT2D eigenvalue weighted by Crippen LogP contribution is 2.12. The van der Waals surface area contributed by atoms with Gasteiger partial charge in [0.1, 0.15) is 5.65 Å². The number of hydrogen-bond donors (Lipinski definition) is 1. The maximum Gasteiger partial charge on any atom is 0.293 e. The molecule has 26 heavy (non-hydrogen) atoms. The molecule has 3 aromatic heterocycles. The highest BCUT2D eigenvalue weighted by Gasteiger charge is 2.21. The van der Waals surface area contributed by atoms with E-state index in [1.165, 1.54) is 4.57 Å². The molecule has 0 amide bonds. The minimum Gasteiger partial charge on any atom is -0.374 e. The molecule has 0 bridgehead atoms. The van der Waals surface area contributed by atoms with E-state index in [0.29, 0.717) is 19.0 Å². The van der Waals surface area contributed by atoms with Crippen molar-refractivity contribution in [3.63, 3.8) is 0 Å². The largest absolute Gasteiger partial charge is 0.374 e. The van der Waals surface area contributed by atoms with Crippen molar-refractivity contribution in [2.75, 3.05) is 31.6 Å². The van der Waals surface area contributed by atoms with Crippen molar-refractivity contribution in [3.8, 4) is 0 Å². The molecule has 8 heteroatoms. The Morgan fingerprint density at radius 1 is 1.35 bits per heavy atom. The van der Waals surface area contributed by atoms with Crippen LogP contribution in [0.1, 0.15) is 5.69 Å². The zero-order valence-electron chi connectivity index (χ0n) is 14.7. The van der Waals surface area contributed by atoms with Gasteiger partial charge in [-0.15, -0.1) is 0 Å². The molecule has 0 saturated carbocycles. The van der Waals surface area contributed by atoms with Crippen LogP contribution in [0.5, 0.6) is 0 Å². The first-order valence-corrected chi connectivity index (χ1v) is 8.71. The third-order valence-electron chi connectivity index (χ3n) is 4.54. The Balaban J connectivity index is 1.36. The summed E-state index contributed by atoms with van der Waals surface area (Å²) in [5.41, 5.74) is 1.87. The lowest BCUT2D eigenvalue weighted by Gasteiger charge is -2.32. The number of aromatic nitrogens is 4. The Hall–Kier alpha value is -2.71. The monoisotopic (exact) mass is 354 g/mol. The molecule has 4 rings (SSSR count). The van der Waals surface area contributed by atoms with Gasteiger partial charge in [-0.2, -0.15) is 0 Å². The summed E-state index contributed by atoms with van der Waals surface area (Å²) in [7, 11) is 1.71. The molecule has 1 aliphatic heterocycles. The highest BCUT2D eigenvalue weighted by molar-refractivity contribution is 5.39. The van der Waals surface area contributed by atoms with Crippen molar-refractivity contribution >= 4 is 11.5 Å². The summed E-state index contributed by atoms with van der Waals surface area (Å²) in [6.07, 6.45) is 7.33. The molecule has 3 aromatic rings. The number of rotatable bonds is 5. The van der Waals surface area contributed by atoms with E-state index >= 15 is 0 Å². The topological polar surface area (TPSA) is 76.7 Å². The fourth-order valence-electron chi connectivity index (χ4n) is 3.17. The summed E-state index contributed by atoms with van der Waals surface area (Å²) < 4.78 is 9.37. The lowest BCUT2D eigenvalue weighted by molar-refractivity contribution is -0.0244. The lowest BCUT2D eigenvalue weighted by atomic mass is 10.2. The van der Waals surface area contributed by atoms with Gasteiger partial charge in [-0.1, -0.05) is 6.07 Å². The van der Waals surface area contributed by atoms with Crippen molar-refractivity contribution in [2.45, 2.75) is 12.6 Å². The Morgan fingerprint density at radius 3 is 3.15 bits per heavy atom. The highest BCUT2D eigenvalue weighted by atomic mass is 16.5. The van der Waals surface area contributed by atoms with Gasteiger partial charge in [0, 0.05) is 58.0 Å². The van der Waals surface area contributed by atoms with Gasteiger partial charge >= 0.3 is 0 Å². The van der Waals surface area contributed by atoms with E-state index in [1.54, 1.807) is 19.4 Å². The molecule has 0 radical (unpaired) electrons. The molecule has 1 saturated heterocycles. The molecule has 136 valence electrons. The van der Waals surface area contributed by atoms with Crippen LogP contribution in [0.25, 0.3) is 5.65 Å². The van der Waals surface area contributed by atoms with Gasteiger partial charge in [0.05, 0.1) is 18.4 Å². The van der Waals surface area contributed by atoms with Crippen LogP contribution in [-0.4, -0.2) is 56.2 Å². The quantitative estimate of drug-likeness (QED) is 0.728. The van der Waals surface area contributed by atoms with Crippen molar-refractivity contribution in [2.24, 2.45) is 7.05 Å². The average molecular weight is 354 g/mol. The first kappa shape index (κ1) is 16.7. The average Bonchev–Trinajstić information content (AvgIpc) is 3.05. The number of pyridine rings is 1. The van der Waals surface area contributed by atoms with E-state index in [-0.39, 0.29) is 11.7 Å². The first-order chi connectivity index (χ1) is 12.7. The van der Waals surface area contributed by atoms with Crippen LogP contribution in [0.3, 0.4) is 0 Å². The third-order valence-corrected chi connectivity index (χ3v) is 4.54. The van der Waals surface area contributed by atoms with E-state index in [1.807, 2.05) is 28.8 Å². The van der Waals surface area contributed by atoms with Crippen LogP contribution in [0.4, 0.5) is 5.82 Å². The first-order valence-electron chi connectivity index (χ1n) is 8.71. The van der Waals surface area contributed by atoms with Gasteiger partial charge in [0.25, 0.3) is 5.56 Å². The molecule has 0 aromatic carbocycles. The number of aryl methyl sites for hydroxylation is 1. The standard InChI is InChI=1S/C18H22N6O2/c1-22-7-5-19-17(18(22)25)20-10-15-13-23(8-9-26-15)11-14-12-24-6-3-2-4-16(24)21-14/h2-7,12,15H,8-11,13H2,1H3,(H,19,20). The number of nitrogens with one attached hydrogen (secondary N) is 1. The zero-order chi connectivity index (χ0) is 17.9. The lowest BCUT2D eigenvalue weighted by Crippen LogP contribution is -2.45. The fourth-order valence-corrected chi connectivity index (χ4v) is 3.17.